The number of fused-ring (bicyclic) bond motifs is 1. The molecule has 1 amide bonds. The molecule has 0 aliphatic heterocycles. The van der Waals surface area contributed by atoms with Crippen LogP contribution in [-0.4, -0.2) is 46.4 Å². The number of nitrogens with zero attached hydrogens (tertiary/aromatic N) is 3. The molecular formula is C14H20N4O2S. The van der Waals surface area contributed by atoms with Crippen LogP contribution >= 0.6 is 11.3 Å². The normalized spacial score (nSPS) is 11.2. The summed E-state index contributed by atoms with van der Waals surface area (Å²) < 4.78 is 1.48. The van der Waals surface area contributed by atoms with Crippen LogP contribution < -0.4 is 10.9 Å². The molecule has 0 radical (unpaired) electrons. The lowest BCUT2D eigenvalue weighted by molar-refractivity contribution is 0.0947. The van der Waals surface area contributed by atoms with Gasteiger partial charge in [0, 0.05) is 30.4 Å². The van der Waals surface area contributed by atoms with E-state index in [-0.39, 0.29) is 17.0 Å². The maximum Gasteiger partial charge on any atom is 0.271 e. The van der Waals surface area contributed by atoms with Gasteiger partial charge in [-0.25, -0.2) is 4.98 Å². The molecule has 0 bridgehead atoms. The standard InChI is InChI=1S/C14H20N4O2S/c1-4-17(5-2)7-6-15-12(19)11-8-16-14-18(13(11)20)10(3)9-21-14/h8-9H,4-7H2,1-3H3,(H,15,19). The highest BCUT2D eigenvalue weighted by Crippen LogP contribution is 2.10. The first-order valence-corrected chi connectivity index (χ1v) is 7.92. The van der Waals surface area contributed by atoms with Crippen LogP contribution in [0.5, 0.6) is 0 Å². The van der Waals surface area contributed by atoms with Gasteiger partial charge in [-0.1, -0.05) is 13.8 Å². The lowest BCUT2D eigenvalue weighted by atomic mass is 10.3. The molecule has 7 heteroatoms. The molecule has 0 spiro atoms. The Morgan fingerprint density at radius 2 is 2.14 bits per heavy atom. The summed E-state index contributed by atoms with van der Waals surface area (Å²) in [7, 11) is 0. The minimum atomic E-state index is -0.361. The van der Waals surface area contributed by atoms with Crippen LogP contribution in [0.4, 0.5) is 0 Å². The number of hydrogen-bond donors (Lipinski definition) is 1. The first-order valence-electron chi connectivity index (χ1n) is 7.04. The molecule has 21 heavy (non-hydrogen) atoms. The van der Waals surface area contributed by atoms with Crippen molar-refractivity contribution in [1.29, 1.82) is 0 Å². The van der Waals surface area contributed by atoms with Gasteiger partial charge >= 0.3 is 0 Å². The van der Waals surface area contributed by atoms with Crippen molar-refractivity contribution in [1.82, 2.24) is 19.6 Å². The number of carbonyl (C=O) groups excluding carboxylic acids is 1. The first-order chi connectivity index (χ1) is 10.1. The van der Waals surface area contributed by atoms with E-state index in [1.807, 2.05) is 12.3 Å². The zero-order chi connectivity index (χ0) is 15.4. The van der Waals surface area contributed by atoms with Gasteiger partial charge in [-0.15, -0.1) is 11.3 Å². The third-order valence-electron chi connectivity index (χ3n) is 3.47. The Balaban J connectivity index is 2.11. The van der Waals surface area contributed by atoms with Gasteiger partial charge in [-0.3, -0.25) is 14.0 Å². The number of likely N-dealkylation sites (N-methyl/N-ethyl adjacent to an activating group) is 1. The van der Waals surface area contributed by atoms with Crippen LogP contribution in [0.3, 0.4) is 0 Å². The lowest BCUT2D eigenvalue weighted by Crippen LogP contribution is -2.37. The maximum absolute atomic E-state index is 12.3. The van der Waals surface area contributed by atoms with E-state index in [2.05, 4.69) is 29.0 Å². The number of thiazole rings is 1. The van der Waals surface area contributed by atoms with Crippen molar-refractivity contribution >= 4 is 22.2 Å². The van der Waals surface area contributed by atoms with Crippen molar-refractivity contribution in [2.24, 2.45) is 0 Å². The molecular weight excluding hydrogens is 288 g/mol. The second kappa shape index (κ2) is 6.82. The summed E-state index contributed by atoms with van der Waals surface area (Å²) in [5, 5.41) is 4.64. The molecule has 0 saturated heterocycles. The number of nitrogens with one attached hydrogen (secondary N) is 1. The summed E-state index contributed by atoms with van der Waals surface area (Å²) in [6, 6.07) is 0. The quantitative estimate of drug-likeness (QED) is 0.869. The number of hydrogen-bond acceptors (Lipinski definition) is 5. The smallest absolute Gasteiger partial charge is 0.271 e. The highest BCUT2D eigenvalue weighted by Gasteiger charge is 2.14. The van der Waals surface area contributed by atoms with Gasteiger partial charge in [0.1, 0.15) is 5.56 Å². The van der Waals surface area contributed by atoms with Crippen molar-refractivity contribution in [2.75, 3.05) is 26.2 Å². The van der Waals surface area contributed by atoms with E-state index in [0.29, 0.717) is 11.5 Å². The van der Waals surface area contributed by atoms with E-state index in [4.69, 9.17) is 0 Å². The van der Waals surface area contributed by atoms with E-state index in [1.165, 1.54) is 21.9 Å². The largest absolute Gasteiger partial charge is 0.351 e. The number of carbonyl (C=O) groups is 1. The topological polar surface area (TPSA) is 66.7 Å². The fraction of sp³-hybridized carbons (Fsp3) is 0.500. The highest BCUT2D eigenvalue weighted by atomic mass is 32.1. The summed E-state index contributed by atoms with van der Waals surface area (Å²) in [6.07, 6.45) is 1.36. The Labute approximate surface area is 127 Å². The molecule has 2 heterocycles. The third-order valence-corrected chi connectivity index (χ3v) is 4.43. The Kier molecular flexibility index (Phi) is 5.08. The SMILES string of the molecule is CCN(CC)CCNC(=O)c1cnc2scc(C)n2c1=O. The fourth-order valence-corrected chi connectivity index (χ4v) is 2.97. The lowest BCUT2D eigenvalue weighted by Gasteiger charge is -2.17. The number of aryl methyl sites for hydroxylation is 1. The van der Waals surface area contributed by atoms with Crippen LogP contribution in [0.1, 0.15) is 29.9 Å². The molecule has 114 valence electrons. The van der Waals surface area contributed by atoms with Crippen LogP contribution in [0.2, 0.25) is 0 Å². The van der Waals surface area contributed by atoms with Crippen LogP contribution in [0.15, 0.2) is 16.4 Å². The second-order valence-electron chi connectivity index (χ2n) is 4.75. The van der Waals surface area contributed by atoms with Gasteiger partial charge in [0.15, 0.2) is 4.96 Å². The van der Waals surface area contributed by atoms with E-state index >= 15 is 0 Å². The molecule has 6 nitrogen and oxygen atoms in total. The summed E-state index contributed by atoms with van der Waals surface area (Å²) in [5.74, 6) is -0.361. The maximum atomic E-state index is 12.3. The van der Waals surface area contributed by atoms with Crippen molar-refractivity contribution in [3.05, 3.63) is 33.2 Å². The molecule has 2 aromatic heterocycles. The molecule has 0 aromatic carbocycles. The van der Waals surface area contributed by atoms with Crippen molar-refractivity contribution in [3.63, 3.8) is 0 Å². The summed E-state index contributed by atoms with van der Waals surface area (Å²) >= 11 is 1.39. The predicted molar refractivity (Wildman–Crippen MR) is 84.2 cm³/mol. The van der Waals surface area contributed by atoms with Gasteiger partial charge in [0.05, 0.1) is 0 Å². The van der Waals surface area contributed by atoms with E-state index in [0.717, 1.165) is 25.3 Å². The minimum absolute atomic E-state index is 0.0912. The van der Waals surface area contributed by atoms with Gasteiger partial charge in [0.25, 0.3) is 11.5 Å². The van der Waals surface area contributed by atoms with Crippen LogP contribution in [0.25, 0.3) is 4.96 Å². The first kappa shape index (κ1) is 15.7. The fourth-order valence-electron chi connectivity index (χ4n) is 2.14. The second-order valence-corrected chi connectivity index (χ2v) is 5.59. The number of amides is 1. The van der Waals surface area contributed by atoms with Gasteiger partial charge in [-0.2, -0.15) is 0 Å². The van der Waals surface area contributed by atoms with Gasteiger partial charge in [0.2, 0.25) is 0 Å². The minimum Gasteiger partial charge on any atom is -0.351 e. The molecule has 0 aliphatic carbocycles. The van der Waals surface area contributed by atoms with Crippen LogP contribution in [0, 0.1) is 6.92 Å². The van der Waals surface area contributed by atoms with E-state index in [1.54, 1.807) is 0 Å². The number of rotatable bonds is 6. The Morgan fingerprint density at radius 3 is 2.81 bits per heavy atom. The van der Waals surface area contributed by atoms with E-state index < -0.39 is 0 Å². The average Bonchev–Trinajstić information content (AvgIpc) is 2.86. The Bertz CT molecular complexity index is 688. The molecule has 0 aliphatic rings. The average molecular weight is 308 g/mol. The highest BCUT2D eigenvalue weighted by molar-refractivity contribution is 7.15. The predicted octanol–water partition coefficient (Wildman–Crippen LogP) is 1.14. The zero-order valence-corrected chi connectivity index (χ0v) is 13.4. The van der Waals surface area contributed by atoms with Gasteiger partial charge < -0.3 is 10.2 Å². The molecule has 0 unspecified atom stereocenters. The monoisotopic (exact) mass is 308 g/mol. The van der Waals surface area contributed by atoms with E-state index in [9.17, 15) is 9.59 Å². The van der Waals surface area contributed by atoms with Crippen molar-refractivity contribution in [2.45, 2.75) is 20.8 Å². The van der Waals surface area contributed by atoms with Crippen molar-refractivity contribution in [3.8, 4) is 0 Å². The van der Waals surface area contributed by atoms with Crippen LogP contribution in [-0.2, 0) is 0 Å². The molecule has 2 rings (SSSR count). The summed E-state index contributed by atoms with van der Waals surface area (Å²) in [5.41, 5.74) is 0.581. The number of aromatic nitrogens is 2. The third kappa shape index (κ3) is 3.30. The molecule has 0 atom stereocenters. The molecule has 1 N–H and O–H groups in total. The Morgan fingerprint density at radius 1 is 1.43 bits per heavy atom. The summed E-state index contributed by atoms with van der Waals surface area (Å²) in [6.45, 7) is 9.16. The zero-order valence-electron chi connectivity index (χ0n) is 12.5. The molecule has 0 saturated carbocycles. The van der Waals surface area contributed by atoms with Crippen molar-refractivity contribution < 1.29 is 4.79 Å². The van der Waals surface area contributed by atoms with Gasteiger partial charge in [-0.05, 0) is 20.0 Å². The summed E-state index contributed by atoms with van der Waals surface area (Å²) in [4.78, 5) is 31.4. The molecule has 2 aromatic rings. The Hall–Kier alpha value is -1.73. The molecule has 0 fully saturated rings.